The fourth-order valence-electron chi connectivity index (χ4n) is 1.24. The third-order valence-corrected chi connectivity index (χ3v) is 2.02. The van der Waals surface area contributed by atoms with E-state index in [1.165, 1.54) is 0 Å². The number of nitrogens with two attached hydrogens (primary N) is 2. The third-order valence-electron chi connectivity index (χ3n) is 2.02. The summed E-state index contributed by atoms with van der Waals surface area (Å²) >= 11 is 0. The molecule has 1 aromatic carbocycles. The molecule has 1 rings (SSSR count). The van der Waals surface area contributed by atoms with Gasteiger partial charge in [0, 0.05) is 5.69 Å². The fourth-order valence-corrected chi connectivity index (χ4v) is 1.24. The predicted octanol–water partition coefficient (Wildman–Crippen LogP) is 1.12. The summed E-state index contributed by atoms with van der Waals surface area (Å²) < 4.78 is 4.81. The van der Waals surface area contributed by atoms with Crippen LogP contribution in [0.4, 0.5) is 5.69 Å². The fraction of sp³-hybridized carbons (Fsp3) is 0.364. The first-order valence-electron chi connectivity index (χ1n) is 4.90. The van der Waals surface area contributed by atoms with Crippen LogP contribution >= 0.6 is 12.4 Å². The number of rotatable bonds is 4. The summed E-state index contributed by atoms with van der Waals surface area (Å²) in [6, 6.07) is 6.68. The van der Waals surface area contributed by atoms with Crippen LogP contribution in [0.5, 0.6) is 0 Å². The van der Waals surface area contributed by atoms with Crippen LogP contribution in [0.3, 0.4) is 0 Å². The Hall–Kier alpha value is -1.26. The largest absolute Gasteiger partial charge is 0.465 e. The molecule has 0 aliphatic heterocycles. The molecule has 4 N–H and O–H groups in total. The van der Waals surface area contributed by atoms with E-state index < -0.39 is 6.04 Å². The first-order valence-corrected chi connectivity index (χ1v) is 4.90. The Labute approximate surface area is 101 Å². The highest BCUT2D eigenvalue weighted by Gasteiger charge is 2.14. The summed E-state index contributed by atoms with van der Waals surface area (Å²) in [5.41, 5.74) is 12.9. The zero-order chi connectivity index (χ0) is 11.3. The van der Waals surface area contributed by atoms with E-state index in [0.29, 0.717) is 18.7 Å². The molecule has 0 heterocycles. The molecule has 1 aromatic rings. The Morgan fingerprint density at radius 1 is 1.38 bits per heavy atom. The maximum absolute atomic E-state index is 11.2. The van der Waals surface area contributed by atoms with E-state index >= 15 is 0 Å². The lowest BCUT2D eigenvalue weighted by atomic mass is 10.1. The van der Waals surface area contributed by atoms with Crippen molar-refractivity contribution >= 4 is 24.1 Å². The van der Waals surface area contributed by atoms with E-state index in [1.807, 2.05) is 12.1 Å². The zero-order valence-electron chi connectivity index (χ0n) is 9.18. The molecule has 0 aliphatic carbocycles. The number of halogens is 1. The van der Waals surface area contributed by atoms with E-state index in [2.05, 4.69) is 0 Å². The summed E-state index contributed by atoms with van der Waals surface area (Å²) in [4.78, 5) is 11.2. The molecule has 0 aliphatic rings. The van der Waals surface area contributed by atoms with Gasteiger partial charge in [0.2, 0.25) is 0 Å². The average Bonchev–Trinajstić information content (AvgIpc) is 2.22. The van der Waals surface area contributed by atoms with Gasteiger partial charge in [-0.15, -0.1) is 12.4 Å². The first-order chi connectivity index (χ1) is 7.13. The highest BCUT2D eigenvalue weighted by atomic mass is 35.5. The maximum Gasteiger partial charge on any atom is 0.323 e. The minimum absolute atomic E-state index is 0. The van der Waals surface area contributed by atoms with Gasteiger partial charge in [-0.2, -0.15) is 0 Å². The summed E-state index contributed by atoms with van der Waals surface area (Å²) in [5.74, 6) is -0.366. The number of benzene rings is 1. The number of anilines is 1. The van der Waals surface area contributed by atoms with Gasteiger partial charge in [0.05, 0.1) is 6.61 Å². The number of carbonyl (C=O) groups excluding carboxylic acids is 1. The monoisotopic (exact) mass is 244 g/mol. The molecule has 1 atom stereocenters. The number of ether oxygens (including phenoxy) is 1. The van der Waals surface area contributed by atoms with Gasteiger partial charge in [-0.05, 0) is 31.0 Å². The highest BCUT2D eigenvalue weighted by molar-refractivity contribution is 5.85. The maximum atomic E-state index is 11.2. The van der Waals surface area contributed by atoms with E-state index in [1.54, 1.807) is 19.1 Å². The molecule has 4 nitrogen and oxygen atoms in total. The number of hydrogen-bond acceptors (Lipinski definition) is 4. The lowest BCUT2D eigenvalue weighted by molar-refractivity contribution is -0.144. The van der Waals surface area contributed by atoms with Crippen LogP contribution in [-0.4, -0.2) is 18.6 Å². The van der Waals surface area contributed by atoms with Crippen LogP contribution < -0.4 is 11.5 Å². The van der Waals surface area contributed by atoms with Gasteiger partial charge in [-0.1, -0.05) is 12.1 Å². The molecule has 90 valence electrons. The van der Waals surface area contributed by atoms with E-state index in [0.717, 1.165) is 5.56 Å². The van der Waals surface area contributed by atoms with Crippen molar-refractivity contribution in [3.63, 3.8) is 0 Å². The summed E-state index contributed by atoms with van der Waals surface area (Å²) in [6.07, 6.45) is 0.471. The standard InChI is InChI=1S/C11H16N2O2.ClH/c1-2-15-11(14)10(13)7-8-3-5-9(12)6-4-8;/h3-6,10H,2,7,12-13H2,1H3;1H/t10-;/m0./s1. The Kier molecular flexibility index (Phi) is 6.53. The van der Waals surface area contributed by atoms with Crippen LogP contribution in [0, 0.1) is 0 Å². The summed E-state index contributed by atoms with van der Waals surface area (Å²) in [5, 5.41) is 0. The van der Waals surface area contributed by atoms with Gasteiger partial charge in [-0.25, -0.2) is 0 Å². The highest BCUT2D eigenvalue weighted by Crippen LogP contribution is 2.07. The molecule has 5 heteroatoms. The molecule has 0 radical (unpaired) electrons. The van der Waals surface area contributed by atoms with Crippen LogP contribution in [0.2, 0.25) is 0 Å². The molecule has 16 heavy (non-hydrogen) atoms. The molecule has 0 aromatic heterocycles. The minimum atomic E-state index is -0.603. The molecule has 0 saturated heterocycles. The van der Waals surface area contributed by atoms with Gasteiger partial charge in [0.15, 0.2) is 0 Å². The Bertz CT molecular complexity index is 327. The van der Waals surface area contributed by atoms with E-state index in [9.17, 15) is 4.79 Å². The zero-order valence-corrected chi connectivity index (χ0v) is 10.00. The molecule has 0 saturated carbocycles. The number of esters is 1. The molecule has 0 bridgehead atoms. The molecular formula is C11H17ClN2O2. The number of carbonyl (C=O) groups is 1. The number of nitrogen functional groups attached to an aromatic ring is 1. The first kappa shape index (κ1) is 14.7. The van der Waals surface area contributed by atoms with Crippen molar-refractivity contribution in [3.8, 4) is 0 Å². The SMILES string of the molecule is CCOC(=O)[C@@H](N)Cc1ccc(N)cc1.Cl. The summed E-state index contributed by atoms with van der Waals surface area (Å²) in [6.45, 7) is 2.11. The Balaban J connectivity index is 0.00000225. The van der Waals surface area contributed by atoms with Gasteiger partial charge < -0.3 is 16.2 Å². The van der Waals surface area contributed by atoms with Crippen molar-refractivity contribution in [1.29, 1.82) is 0 Å². The number of hydrogen-bond donors (Lipinski definition) is 2. The topological polar surface area (TPSA) is 78.3 Å². The second-order valence-electron chi connectivity index (χ2n) is 3.30. The Morgan fingerprint density at radius 3 is 2.44 bits per heavy atom. The van der Waals surface area contributed by atoms with Gasteiger partial charge >= 0.3 is 5.97 Å². The van der Waals surface area contributed by atoms with Crippen LogP contribution in [0.25, 0.3) is 0 Å². The van der Waals surface area contributed by atoms with Crippen molar-refractivity contribution in [2.45, 2.75) is 19.4 Å². The third kappa shape index (κ3) is 4.51. The second-order valence-corrected chi connectivity index (χ2v) is 3.30. The normalized spacial score (nSPS) is 11.4. The summed E-state index contributed by atoms with van der Waals surface area (Å²) in [7, 11) is 0. The lowest BCUT2D eigenvalue weighted by Gasteiger charge is -2.10. The average molecular weight is 245 g/mol. The molecule has 0 unspecified atom stereocenters. The van der Waals surface area contributed by atoms with Gasteiger partial charge in [0.1, 0.15) is 6.04 Å². The van der Waals surface area contributed by atoms with Crippen LogP contribution in [0.1, 0.15) is 12.5 Å². The lowest BCUT2D eigenvalue weighted by Crippen LogP contribution is -2.34. The smallest absolute Gasteiger partial charge is 0.323 e. The van der Waals surface area contributed by atoms with Gasteiger partial charge in [-0.3, -0.25) is 4.79 Å². The van der Waals surface area contributed by atoms with Crippen molar-refractivity contribution in [3.05, 3.63) is 29.8 Å². The van der Waals surface area contributed by atoms with Crippen molar-refractivity contribution in [2.75, 3.05) is 12.3 Å². The minimum Gasteiger partial charge on any atom is -0.465 e. The van der Waals surface area contributed by atoms with Crippen molar-refractivity contribution in [1.82, 2.24) is 0 Å². The second kappa shape index (κ2) is 7.09. The Morgan fingerprint density at radius 2 is 1.94 bits per heavy atom. The molecule has 0 amide bonds. The molecule has 0 spiro atoms. The van der Waals surface area contributed by atoms with Crippen molar-refractivity contribution in [2.24, 2.45) is 5.73 Å². The van der Waals surface area contributed by atoms with Gasteiger partial charge in [0.25, 0.3) is 0 Å². The van der Waals surface area contributed by atoms with E-state index in [-0.39, 0.29) is 18.4 Å². The molecule has 0 fully saturated rings. The predicted molar refractivity (Wildman–Crippen MR) is 66.4 cm³/mol. The van der Waals surface area contributed by atoms with Crippen LogP contribution in [-0.2, 0) is 16.0 Å². The van der Waals surface area contributed by atoms with Crippen LogP contribution in [0.15, 0.2) is 24.3 Å². The van der Waals surface area contributed by atoms with E-state index in [4.69, 9.17) is 16.2 Å². The quantitative estimate of drug-likeness (QED) is 0.615. The van der Waals surface area contributed by atoms with Crippen molar-refractivity contribution < 1.29 is 9.53 Å². The molecular weight excluding hydrogens is 228 g/mol.